The molecule has 0 amide bonds. The molecule has 0 bridgehead atoms. The minimum Gasteiger partial charge on any atom is -0.389 e. The summed E-state index contributed by atoms with van der Waals surface area (Å²) in [5.74, 6) is 0.0671. The highest BCUT2D eigenvalue weighted by atomic mass is 32.2. The predicted molar refractivity (Wildman–Crippen MR) is 79.9 cm³/mol. The maximum atomic E-state index is 11.2. The zero-order valence-corrected chi connectivity index (χ0v) is 12.4. The van der Waals surface area contributed by atoms with E-state index in [1.807, 2.05) is 32.0 Å². The zero-order chi connectivity index (χ0) is 13.9. The highest BCUT2D eigenvalue weighted by molar-refractivity contribution is 7.90. The largest absolute Gasteiger partial charge is 0.389 e. The molecule has 0 aliphatic heterocycles. The molecular weight excluding hydrogens is 268 g/mol. The number of anilines is 1. The standard InChI is InChI=1S/C12H18N2O2S2/c1-8-4-5-11(10(6-8)12(13)17)14-9(2)7-18(3,15)16/h4-6,9,14H,7H2,1-3H3,(H2,13,17). The lowest BCUT2D eigenvalue weighted by Crippen LogP contribution is -2.26. The molecule has 3 N–H and O–H groups in total. The number of sulfone groups is 1. The summed E-state index contributed by atoms with van der Waals surface area (Å²) < 4.78 is 22.4. The number of nitrogens with one attached hydrogen (secondary N) is 1. The Labute approximate surface area is 113 Å². The van der Waals surface area contributed by atoms with E-state index in [-0.39, 0.29) is 11.8 Å². The first-order valence-corrected chi connectivity index (χ1v) is 8.00. The molecule has 0 spiro atoms. The molecule has 1 unspecified atom stereocenters. The van der Waals surface area contributed by atoms with Crippen LogP contribution >= 0.6 is 12.2 Å². The first-order chi connectivity index (χ1) is 8.19. The van der Waals surface area contributed by atoms with E-state index < -0.39 is 9.84 Å². The van der Waals surface area contributed by atoms with Crippen molar-refractivity contribution in [2.45, 2.75) is 19.9 Å². The van der Waals surface area contributed by atoms with Crippen LogP contribution in [0.2, 0.25) is 0 Å². The van der Waals surface area contributed by atoms with Crippen LogP contribution in [0.5, 0.6) is 0 Å². The molecule has 0 heterocycles. The molecule has 0 radical (unpaired) electrons. The van der Waals surface area contributed by atoms with Crippen molar-refractivity contribution in [3.8, 4) is 0 Å². The number of hydrogen-bond donors (Lipinski definition) is 2. The highest BCUT2D eigenvalue weighted by Crippen LogP contribution is 2.18. The van der Waals surface area contributed by atoms with Gasteiger partial charge in [-0.05, 0) is 26.0 Å². The molecule has 0 saturated heterocycles. The van der Waals surface area contributed by atoms with Gasteiger partial charge in [-0.1, -0.05) is 23.8 Å². The Hall–Kier alpha value is -1.14. The monoisotopic (exact) mass is 286 g/mol. The Morgan fingerprint density at radius 3 is 2.61 bits per heavy atom. The Morgan fingerprint density at radius 1 is 1.50 bits per heavy atom. The van der Waals surface area contributed by atoms with Crippen LogP contribution in [0.15, 0.2) is 18.2 Å². The lowest BCUT2D eigenvalue weighted by atomic mass is 10.1. The van der Waals surface area contributed by atoms with Crippen molar-refractivity contribution in [3.05, 3.63) is 29.3 Å². The Bertz CT molecular complexity index is 553. The van der Waals surface area contributed by atoms with E-state index in [4.69, 9.17) is 18.0 Å². The second kappa shape index (κ2) is 5.67. The average Bonchev–Trinajstić information content (AvgIpc) is 2.17. The van der Waals surface area contributed by atoms with Crippen LogP contribution in [-0.2, 0) is 9.84 Å². The normalized spacial score (nSPS) is 13.1. The van der Waals surface area contributed by atoms with Crippen LogP contribution in [0, 0.1) is 6.92 Å². The fourth-order valence-corrected chi connectivity index (χ4v) is 2.91. The van der Waals surface area contributed by atoms with E-state index in [0.717, 1.165) is 16.8 Å². The SMILES string of the molecule is Cc1ccc(NC(C)CS(C)(=O)=O)c(C(N)=S)c1. The van der Waals surface area contributed by atoms with Gasteiger partial charge in [0, 0.05) is 23.5 Å². The van der Waals surface area contributed by atoms with E-state index in [1.54, 1.807) is 0 Å². The van der Waals surface area contributed by atoms with Gasteiger partial charge in [-0.25, -0.2) is 8.42 Å². The molecule has 4 nitrogen and oxygen atoms in total. The van der Waals surface area contributed by atoms with Gasteiger partial charge in [-0.15, -0.1) is 0 Å². The molecule has 100 valence electrons. The summed E-state index contributed by atoms with van der Waals surface area (Å²) in [7, 11) is -3.01. The molecule has 0 aliphatic carbocycles. The fraction of sp³-hybridized carbons (Fsp3) is 0.417. The first-order valence-electron chi connectivity index (χ1n) is 5.54. The van der Waals surface area contributed by atoms with E-state index >= 15 is 0 Å². The van der Waals surface area contributed by atoms with Crippen molar-refractivity contribution >= 4 is 32.7 Å². The molecule has 18 heavy (non-hydrogen) atoms. The molecular formula is C12H18N2O2S2. The smallest absolute Gasteiger partial charge is 0.149 e. The van der Waals surface area contributed by atoms with Gasteiger partial charge in [0.05, 0.1) is 5.75 Å². The van der Waals surface area contributed by atoms with Gasteiger partial charge >= 0.3 is 0 Å². The molecule has 1 aromatic rings. The number of benzene rings is 1. The van der Waals surface area contributed by atoms with Gasteiger partial charge in [0.1, 0.15) is 14.8 Å². The van der Waals surface area contributed by atoms with Crippen molar-refractivity contribution in [2.75, 3.05) is 17.3 Å². The van der Waals surface area contributed by atoms with Crippen molar-refractivity contribution < 1.29 is 8.42 Å². The third-order valence-corrected chi connectivity index (χ3v) is 3.72. The molecule has 0 saturated carbocycles. The minimum atomic E-state index is -3.01. The zero-order valence-electron chi connectivity index (χ0n) is 10.7. The molecule has 0 fully saturated rings. The second-order valence-electron chi connectivity index (χ2n) is 4.55. The Balaban J connectivity index is 2.94. The summed E-state index contributed by atoms with van der Waals surface area (Å²) in [4.78, 5) is 0.299. The molecule has 1 aromatic carbocycles. The number of rotatable bonds is 5. The van der Waals surface area contributed by atoms with Gasteiger partial charge in [0.2, 0.25) is 0 Å². The second-order valence-corrected chi connectivity index (χ2v) is 7.18. The summed E-state index contributed by atoms with van der Waals surface area (Å²) in [5.41, 5.74) is 8.22. The summed E-state index contributed by atoms with van der Waals surface area (Å²) >= 11 is 4.99. The summed E-state index contributed by atoms with van der Waals surface area (Å²) in [5, 5.41) is 3.13. The van der Waals surface area contributed by atoms with Crippen molar-refractivity contribution in [3.63, 3.8) is 0 Å². The van der Waals surface area contributed by atoms with Gasteiger partial charge in [0.25, 0.3) is 0 Å². The van der Waals surface area contributed by atoms with Crippen LogP contribution in [-0.4, -0.2) is 31.5 Å². The number of thiocarbonyl (C=S) groups is 1. The Kier molecular flexibility index (Phi) is 4.70. The first kappa shape index (κ1) is 14.9. The van der Waals surface area contributed by atoms with Gasteiger partial charge in [-0.2, -0.15) is 0 Å². The fourth-order valence-electron chi connectivity index (χ4n) is 1.75. The van der Waals surface area contributed by atoms with Gasteiger partial charge < -0.3 is 11.1 Å². The van der Waals surface area contributed by atoms with E-state index in [0.29, 0.717) is 4.99 Å². The van der Waals surface area contributed by atoms with Crippen LogP contribution in [0.25, 0.3) is 0 Å². The summed E-state index contributed by atoms with van der Waals surface area (Å²) in [6.07, 6.45) is 1.22. The molecule has 1 atom stereocenters. The quantitative estimate of drug-likeness (QED) is 0.802. The number of aryl methyl sites for hydroxylation is 1. The Morgan fingerprint density at radius 2 is 2.11 bits per heavy atom. The van der Waals surface area contributed by atoms with Gasteiger partial charge in [0.15, 0.2) is 0 Å². The molecule has 6 heteroatoms. The van der Waals surface area contributed by atoms with Gasteiger partial charge in [-0.3, -0.25) is 0 Å². The predicted octanol–water partition coefficient (Wildman–Crippen LogP) is 1.47. The van der Waals surface area contributed by atoms with Crippen molar-refractivity contribution in [1.29, 1.82) is 0 Å². The summed E-state index contributed by atoms with van der Waals surface area (Å²) in [6, 6.07) is 5.48. The molecule has 1 rings (SSSR count). The van der Waals surface area contributed by atoms with Crippen LogP contribution in [0.1, 0.15) is 18.1 Å². The third kappa shape index (κ3) is 4.62. The average molecular weight is 286 g/mol. The van der Waals surface area contributed by atoms with E-state index in [2.05, 4.69) is 5.32 Å². The van der Waals surface area contributed by atoms with E-state index in [1.165, 1.54) is 6.26 Å². The number of nitrogens with two attached hydrogens (primary N) is 1. The molecule has 0 aliphatic rings. The highest BCUT2D eigenvalue weighted by Gasteiger charge is 2.13. The summed E-state index contributed by atoms with van der Waals surface area (Å²) in [6.45, 7) is 3.76. The van der Waals surface area contributed by atoms with Crippen LogP contribution in [0.3, 0.4) is 0 Å². The third-order valence-electron chi connectivity index (χ3n) is 2.40. The van der Waals surface area contributed by atoms with Crippen LogP contribution < -0.4 is 11.1 Å². The topological polar surface area (TPSA) is 72.2 Å². The lowest BCUT2D eigenvalue weighted by molar-refractivity contribution is 0.598. The van der Waals surface area contributed by atoms with E-state index in [9.17, 15) is 8.42 Å². The maximum Gasteiger partial charge on any atom is 0.149 e. The van der Waals surface area contributed by atoms with Crippen molar-refractivity contribution in [1.82, 2.24) is 0 Å². The lowest BCUT2D eigenvalue weighted by Gasteiger charge is -2.17. The molecule has 0 aromatic heterocycles. The minimum absolute atomic E-state index is 0.0671. The number of hydrogen-bond acceptors (Lipinski definition) is 4. The maximum absolute atomic E-state index is 11.2. The van der Waals surface area contributed by atoms with Crippen LogP contribution in [0.4, 0.5) is 5.69 Å². The van der Waals surface area contributed by atoms with Crippen molar-refractivity contribution in [2.24, 2.45) is 5.73 Å².